The summed E-state index contributed by atoms with van der Waals surface area (Å²) in [5.41, 5.74) is 0. The Morgan fingerprint density at radius 1 is 1.44 bits per heavy atom. The molecule has 0 bridgehead atoms. The molecule has 1 saturated heterocycles. The summed E-state index contributed by atoms with van der Waals surface area (Å²) in [6, 6.07) is 1.58. The van der Waals surface area contributed by atoms with Gasteiger partial charge in [-0.3, -0.25) is 0 Å². The van der Waals surface area contributed by atoms with Crippen LogP contribution in [0.15, 0.2) is 16.3 Å². The third-order valence-electron chi connectivity index (χ3n) is 3.57. The Morgan fingerprint density at radius 3 is 2.61 bits per heavy atom. The van der Waals surface area contributed by atoms with Crippen LogP contribution >= 0.6 is 11.3 Å². The van der Waals surface area contributed by atoms with Crippen LogP contribution in [-0.2, 0) is 16.6 Å². The molecule has 1 aliphatic rings. The van der Waals surface area contributed by atoms with E-state index in [2.05, 4.69) is 6.92 Å². The molecule has 0 aromatic carbocycles. The molecule has 102 valence electrons. The maximum Gasteiger partial charge on any atom is 0.243 e. The summed E-state index contributed by atoms with van der Waals surface area (Å²) in [4.78, 5) is 1.02. The van der Waals surface area contributed by atoms with Gasteiger partial charge in [0.1, 0.15) is 0 Å². The van der Waals surface area contributed by atoms with Crippen LogP contribution in [0.3, 0.4) is 0 Å². The minimum Gasteiger partial charge on any atom is -0.391 e. The number of piperidine rings is 1. The van der Waals surface area contributed by atoms with Crippen molar-refractivity contribution in [3.05, 3.63) is 16.3 Å². The quantitative estimate of drug-likeness (QED) is 0.923. The van der Waals surface area contributed by atoms with Crippen molar-refractivity contribution in [1.82, 2.24) is 4.31 Å². The van der Waals surface area contributed by atoms with Crippen molar-refractivity contribution in [2.24, 2.45) is 5.92 Å². The van der Waals surface area contributed by atoms with E-state index in [0.29, 0.717) is 28.8 Å². The number of aliphatic hydroxyl groups is 1. The number of hydrogen-bond donors (Lipinski definition) is 1. The third-order valence-corrected chi connectivity index (χ3v) is 6.52. The van der Waals surface area contributed by atoms with Gasteiger partial charge in [-0.05, 0) is 24.8 Å². The highest BCUT2D eigenvalue weighted by molar-refractivity contribution is 7.89. The van der Waals surface area contributed by atoms with Crippen LogP contribution in [0.4, 0.5) is 0 Å². The Kier molecular flexibility index (Phi) is 4.42. The van der Waals surface area contributed by atoms with Crippen molar-refractivity contribution in [3.8, 4) is 0 Å². The van der Waals surface area contributed by atoms with Gasteiger partial charge in [-0.15, -0.1) is 11.3 Å². The second-order valence-corrected chi connectivity index (χ2v) is 7.60. The van der Waals surface area contributed by atoms with Crippen molar-refractivity contribution in [2.45, 2.75) is 37.7 Å². The smallest absolute Gasteiger partial charge is 0.243 e. The summed E-state index contributed by atoms with van der Waals surface area (Å²) in [6.45, 7) is 3.29. The van der Waals surface area contributed by atoms with E-state index in [-0.39, 0.29) is 6.61 Å². The minimum absolute atomic E-state index is 0.0991. The molecule has 2 heterocycles. The molecule has 1 aliphatic heterocycles. The predicted molar refractivity (Wildman–Crippen MR) is 72.0 cm³/mol. The number of nitrogens with zero attached hydrogens (tertiary/aromatic N) is 1. The van der Waals surface area contributed by atoms with Crippen molar-refractivity contribution in [2.75, 3.05) is 13.1 Å². The number of rotatable bonds is 4. The van der Waals surface area contributed by atoms with Crippen LogP contribution in [0, 0.1) is 5.92 Å². The zero-order valence-corrected chi connectivity index (χ0v) is 12.1. The van der Waals surface area contributed by atoms with E-state index in [1.165, 1.54) is 11.3 Å². The zero-order valence-electron chi connectivity index (χ0n) is 10.5. The molecule has 2 rings (SSSR count). The lowest BCUT2D eigenvalue weighted by molar-refractivity contribution is 0.269. The van der Waals surface area contributed by atoms with E-state index in [4.69, 9.17) is 5.11 Å². The van der Waals surface area contributed by atoms with Crippen LogP contribution in [0.2, 0.25) is 0 Å². The first-order chi connectivity index (χ1) is 8.57. The number of aliphatic hydroxyl groups excluding tert-OH is 1. The number of hydrogen-bond acceptors (Lipinski definition) is 4. The molecule has 0 saturated carbocycles. The standard InChI is InChI=1S/C12H19NO3S2/c1-2-10-3-5-13(6-4-10)18(15,16)12-7-11(8-14)17-9-12/h7,9-10,14H,2-6,8H2,1H3. The van der Waals surface area contributed by atoms with Crippen LogP contribution < -0.4 is 0 Å². The summed E-state index contributed by atoms with van der Waals surface area (Å²) in [5.74, 6) is 0.659. The Labute approximate surface area is 112 Å². The molecule has 0 atom stereocenters. The van der Waals surface area contributed by atoms with Crippen molar-refractivity contribution < 1.29 is 13.5 Å². The van der Waals surface area contributed by atoms with Gasteiger partial charge in [-0.2, -0.15) is 4.31 Å². The lowest BCUT2D eigenvalue weighted by Crippen LogP contribution is -2.38. The van der Waals surface area contributed by atoms with Gasteiger partial charge in [-0.25, -0.2) is 8.42 Å². The van der Waals surface area contributed by atoms with Gasteiger partial charge < -0.3 is 5.11 Å². The van der Waals surface area contributed by atoms with E-state index < -0.39 is 10.0 Å². The Bertz CT molecular complexity index is 487. The second kappa shape index (κ2) is 5.69. The molecule has 6 heteroatoms. The van der Waals surface area contributed by atoms with Gasteiger partial charge in [0.2, 0.25) is 10.0 Å². The number of thiophene rings is 1. The monoisotopic (exact) mass is 289 g/mol. The van der Waals surface area contributed by atoms with Crippen molar-refractivity contribution in [3.63, 3.8) is 0 Å². The topological polar surface area (TPSA) is 57.6 Å². The maximum absolute atomic E-state index is 12.4. The first-order valence-electron chi connectivity index (χ1n) is 6.26. The molecule has 1 fully saturated rings. The Hall–Kier alpha value is -0.430. The van der Waals surface area contributed by atoms with Gasteiger partial charge in [0.15, 0.2) is 0 Å². The fraction of sp³-hybridized carbons (Fsp3) is 0.667. The maximum atomic E-state index is 12.4. The van der Waals surface area contributed by atoms with Gasteiger partial charge in [0, 0.05) is 23.3 Å². The minimum atomic E-state index is -3.35. The molecule has 1 N–H and O–H groups in total. The molecule has 0 aliphatic carbocycles. The fourth-order valence-electron chi connectivity index (χ4n) is 2.29. The highest BCUT2D eigenvalue weighted by atomic mass is 32.2. The van der Waals surface area contributed by atoms with Crippen LogP contribution in [-0.4, -0.2) is 30.9 Å². The molecule has 1 aromatic rings. The van der Waals surface area contributed by atoms with E-state index >= 15 is 0 Å². The van der Waals surface area contributed by atoms with Gasteiger partial charge in [0.25, 0.3) is 0 Å². The van der Waals surface area contributed by atoms with Crippen molar-refractivity contribution in [1.29, 1.82) is 0 Å². The van der Waals surface area contributed by atoms with E-state index in [1.807, 2.05) is 0 Å². The van der Waals surface area contributed by atoms with E-state index in [1.54, 1.807) is 15.8 Å². The van der Waals surface area contributed by atoms with Gasteiger partial charge in [-0.1, -0.05) is 13.3 Å². The SMILES string of the molecule is CCC1CCN(S(=O)(=O)c2csc(CO)c2)CC1. The van der Waals surface area contributed by atoms with Crippen LogP contribution in [0.1, 0.15) is 31.1 Å². The average molecular weight is 289 g/mol. The molecule has 0 radical (unpaired) electrons. The molecular formula is C12H19NO3S2. The summed E-state index contributed by atoms with van der Waals surface area (Å²) in [7, 11) is -3.35. The lowest BCUT2D eigenvalue weighted by atomic mass is 9.96. The first kappa shape index (κ1) is 14.0. The number of sulfonamides is 1. The fourth-order valence-corrected chi connectivity index (χ4v) is 4.88. The van der Waals surface area contributed by atoms with Crippen molar-refractivity contribution >= 4 is 21.4 Å². The average Bonchev–Trinajstić information content (AvgIpc) is 2.88. The lowest BCUT2D eigenvalue weighted by Gasteiger charge is -2.30. The van der Waals surface area contributed by atoms with Crippen LogP contribution in [0.25, 0.3) is 0 Å². The normalized spacial score (nSPS) is 19.2. The summed E-state index contributed by atoms with van der Waals surface area (Å²) >= 11 is 1.29. The zero-order chi connectivity index (χ0) is 13.2. The largest absolute Gasteiger partial charge is 0.391 e. The first-order valence-corrected chi connectivity index (χ1v) is 8.58. The molecule has 18 heavy (non-hydrogen) atoms. The molecule has 0 unspecified atom stereocenters. The van der Waals surface area contributed by atoms with Gasteiger partial charge >= 0.3 is 0 Å². The van der Waals surface area contributed by atoms with Gasteiger partial charge in [0.05, 0.1) is 11.5 Å². The summed E-state index contributed by atoms with van der Waals surface area (Å²) in [6.07, 6.45) is 3.03. The second-order valence-electron chi connectivity index (χ2n) is 4.66. The molecule has 0 amide bonds. The predicted octanol–water partition coefficient (Wildman–Crippen LogP) is 2.05. The molecular weight excluding hydrogens is 270 g/mol. The highest BCUT2D eigenvalue weighted by Crippen LogP contribution is 2.27. The highest BCUT2D eigenvalue weighted by Gasteiger charge is 2.29. The Morgan fingerprint density at radius 2 is 2.11 bits per heavy atom. The van der Waals surface area contributed by atoms with Crippen LogP contribution in [0.5, 0.6) is 0 Å². The molecule has 1 aromatic heterocycles. The molecule has 4 nitrogen and oxygen atoms in total. The third kappa shape index (κ3) is 2.77. The summed E-state index contributed by atoms with van der Waals surface area (Å²) < 4.78 is 26.3. The Balaban J connectivity index is 2.12. The van der Waals surface area contributed by atoms with E-state index in [0.717, 1.165) is 19.3 Å². The summed E-state index contributed by atoms with van der Waals surface area (Å²) in [5, 5.41) is 10.6. The van der Waals surface area contributed by atoms with E-state index in [9.17, 15) is 8.42 Å². The molecule has 0 spiro atoms.